The van der Waals surface area contributed by atoms with E-state index in [1.54, 1.807) is 24.4 Å². The highest BCUT2D eigenvalue weighted by atomic mass is 35.5. The van der Waals surface area contributed by atoms with Crippen LogP contribution in [-0.4, -0.2) is 21.2 Å². The van der Waals surface area contributed by atoms with Gasteiger partial charge in [-0.05, 0) is 18.2 Å². The molecule has 7 heteroatoms. The molecule has 0 radical (unpaired) electrons. The van der Waals surface area contributed by atoms with Crippen LogP contribution in [0.1, 0.15) is 6.42 Å². The fourth-order valence-electron chi connectivity index (χ4n) is 1.59. The standard InChI is InChI=1S/C13H15ClN4OS/c1-18-6-5-16-13(18)20-7-4-12(19)17-11-3-2-9(14)8-10(11)15/h2-3,5-6,8H,4,7,15H2,1H3,(H,17,19). The lowest BCUT2D eigenvalue weighted by Gasteiger charge is -2.08. The number of benzene rings is 1. The molecule has 3 N–H and O–H groups in total. The molecule has 0 spiro atoms. The second-order valence-electron chi connectivity index (χ2n) is 4.20. The summed E-state index contributed by atoms with van der Waals surface area (Å²) in [6.07, 6.45) is 3.99. The molecule has 0 aliphatic carbocycles. The van der Waals surface area contributed by atoms with Gasteiger partial charge >= 0.3 is 0 Å². The number of aromatic nitrogens is 2. The number of nitrogen functional groups attached to an aromatic ring is 1. The van der Waals surface area contributed by atoms with Crippen LogP contribution in [0.25, 0.3) is 0 Å². The number of amides is 1. The van der Waals surface area contributed by atoms with E-state index in [0.717, 1.165) is 5.16 Å². The van der Waals surface area contributed by atoms with Gasteiger partial charge < -0.3 is 15.6 Å². The number of hydrogen-bond donors (Lipinski definition) is 2. The Morgan fingerprint density at radius 3 is 3.00 bits per heavy atom. The van der Waals surface area contributed by atoms with Crippen LogP contribution < -0.4 is 11.1 Å². The molecular weight excluding hydrogens is 296 g/mol. The smallest absolute Gasteiger partial charge is 0.225 e. The third-order valence-electron chi connectivity index (χ3n) is 2.62. The maximum Gasteiger partial charge on any atom is 0.225 e. The van der Waals surface area contributed by atoms with E-state index in [-0.39, 0.29) is 5.91 Å². The quantitative estimate of drug-likeness (QED) is 0.658. The van der Waals surface area contributed by atoms with Crippen LogP contribution in [0.2, 0.25) is 5.02 Å². The molecule has 1 amide bonds. The van der Waals surface area contributed by atoms with E-state index in [0.29, 0.717) is 28.6 Å². The third-order valence-corrected chi connectivity index (χ3v) is 3.92. The second-order valence-corrected chi connectivity index (χ2v) is 5.70. The Balaban J connectivity index is 1.82. The zero-order chi connectivity index (χ0) is 14.5. The lowest BCUT2D eigenvalue weighted by molar-refractivity contribution is -0.115. The number of nitrogens with two attached hydrogens (primary N) is 1. The molecule has 0 fully saturated rings. The van der Waals surface area contributed by atoms with Gasteiger partial charge in [-0.3, -0.25) is 4.79 Å². The number of nitrogens with zero attached hydrogens (tertiary/aromatic N) is 2. The van der Waals surface area contributed by atoms with Crippen molar-refractivity contribution < 1.29 is 4.79 Å². The molecule has 0 aliphatic heterocycles. The van der Waals surface area contributed by atoms with Crippen LogP contribution in [0.5, 0.6) is 0 Å². The highest BCUT2D eigenvalue weighted by molar-refractivity contribution is 7.99. The molecule has 20 heavy (non-hydrogen) atoms. The molecule has 0 atom stereocenters. The Labute approximate surface area is 126 Å². The van der Waals surface area contributed by atoms with Crippen LogP contribution in [0.15, 0.2) is 35.7 Å². The largest absolute Gasteiger partial charge is 0.397 e. The van der Waals surface area contributed by atoms with E-state index >= 15 is 0 Å². The van der Waals surface area contributed by atoms with Gasteiger partial charge in [0.25, 0.3) is 0 Å². The van der Waals surface area contributed by atoms with Crippen LogP contribution in [0.4, 0.5) is 11.4 Å². The lowest BCUT2D eigenvalue weighted by Crippen LogP contribution is -2.13. The van der Waals surface area contributed by atoms with Gasteiger partial charge in [0.15, 0.2) is 5.16 Å². The molecule has 1 aromatic heterocycles. The van der Waals surface area contributed by atoms with Gasteiger partial charge in [0.2, 0.25) is 5.91 Å². The maximum atomic E-state index is 11.8. The number of carbonyl (C=O) groups excluding carboxylic acids is 1. The minimum atomic E-state index is -0.0827. The third kappa shape index (κ3) is 3.91. The fraction of sp³-hybridized carbons (Fsp3) is 0.231. The highest BCUT2D eigenvalue weighted by Crippen LogP contribution is 2.23. The number of aryl methyl sites for hydroxylation is 1. The van der Waals surface area contributed by atoms with Gasteiger partial charge in [0, 0.05) is 36.6 Å². The molecule has 0 bridgehead atoms. The summed E-state index contributed by atoms with van der Waals surface area (Å²) < 4.78 is 1.92. The summed E-state index contributed by atoms with van der Waals surface area (Å²) in [7, 11) is 1.92. The first-order valence-electron chi connectivity index (χ1n) is 6.01. The molecule has 0 aliphatic rings. The van der Waals surface area contributed by atoms with E-state index < -0.39 is 0 Å². The predicted octanol–water partition coefficient (Wildman–Crippen LogP) is 2.78. The fourth-order valence-corrected chi connectivity index (χ4v) is 2.64. The molecule has 0 unspecified atom stereocenters. The SMILES string of the molecule is Cn1ccnc1SCCC(=O)Nc1ccc(Cl)cc1N. The van der Waals surface area contributed by atoms with E-state index in [9.17, 15) is 4.79 Å². The number of hydrogen-bond acceptors (Lipinski definition) is 4. The Morgan fingerprint density at radius 1 is 1.55 bits per heavy atom. The number of imidazole rings is 1. The summed E-state index contributed by atoms with van der Waals surface area (Å²) in [6.45, 7) is 0. The van der Waals surface area contributed by atoms with Gasteiger partial charge in [-0.25, -0.2) is 4.98 Å². The Kier molecular flexibility index (Phi) is 4.92. The van der Waals surface area contributed by atoms with Crippen molar-refractivity contribution in [3.63, 3.8) is 0 Å². The topological polar surface area (TPSA) is 72.9 Å². The molecule has 106 valence electrons. The first-order valence-corrected chi connectivity index (χ1v) is 7.37. The van der Waals surface area contributed by atoms with Crippen molar-refractivity contribution in [2.75, 3.05) is 16.8 Å². The number of thioether (sulfide) groups is 1. The Hall–Kier alpha value is -1.66. The second kappa shape index (κ2) is 6.67. The number of halogens is 1. The van der Waals surface area contributed by atoms with Crippen LogP contribution in [0.3, 0.4) is 0 Å². The Bertz CT molecular complexity index is 614. The molecule has 1 aromatic carbocycles. The van der Waals surface area contributed by atoms with Crippen LogP contribution in [0, 0.1) is 0 Å². The van der Waals surface area contributed by atoms with E-state index in [4.69, 9.17) is 17.3 Å². The minimum absolute atomic E-state index is 0.0827. The molecule has 2 rings (SSSR count). The summed E-state index contributed by atoms with van der Waals surface area (Å²) in [6, 6.07) is 5.00. The lowest BCUT2D eigenvalue weighted by atomic mass is 10.2. The first kappa shape index (κ1) is 14.7. The first-order chi connectivity index (χ1) is 9.56. The Morgan fingerprint density at radius 2 is 2.35 bits per heavy atom. The van der Waals surface area contributed by atoms with Crippen molar-refractivity contribution in [3.05, 3.63) is 35.6 Å². The maximum absolute atomic E-state index is 11.8. The van der Waals surface area contributed by atoms with Crippen LogP contribution in [-0.2, 0) is 11.8 Å². The van der Waals surface area contributed by atoms with E-state index in [1.807, 2.05) is 17.8 Å². The van der Waals surface area contributed by atoms with Crippen molar-refractivity contribution in [2.45, 2.75) is 11.6 Å². The number of anilines is 2. The average Bonchev–Trinajstić information content (AvgIpc) is 2.79. The molecule has 5 nitrogen and oxygen atoms in total. The number of nitrogens with one attached hydrogen (secondary N) is 1. The molecule has 1 heterocycles. The van der Waals surface area contributed by atoms with Gasteiger partial charge in [-0.1, -0.05) is 23.4 Å². The summed E-state index contributed by atoms with van der Waals surface area (Å²) in [5, 5.41) is 4.21. The van der Waals surface area contributed by atoms with Crippen molar-refractivity contribution >= 4 is 40.6 Å². The van der Waals surface area contributed by atoms with Gasteiger partial charge in [-0.2, -0.15) is 0 Å². The van der Waals surface area contributed by atoms with Gasteiger partial charge in [0.05, 0.1) is 11.4 Å². The summed E-state index contributed by atoms with van der Waals surface area (Å²) in [5.41, 5.74) is 6.82. The normalized spacial score (nSPS) is 10.5. The van der Waals surface area contributed by atoms with Gasteiger partial charge in [0.1, 0.15) is 0 Å². The van der Waals surface area contributed by atoms with Crippen molar-refractivity contribution in [2.24, 2.45) is 7.05 Å². The zero-order valence-corrected chi connectivity index (χ0v) is 12.5. The monoisotopic (exact) mass is 310 g/mol. The van der Waals surface area contributed by atoms with E-state index in [1.165, 1.54) is 11.8 Å². The highest BCUT2D eigenvalue weighted by Gasteiger charge is 2.07. The van der Waals surface area contributed by atoms with Crippen molar-refractivity contribution in [1.82, 2.24) is 9.55 Å². The summed E-state index contributed by atoms with van der Waals surface area (Å²) >= 11 is 7.34. The van der Waals surface area contributed by atoms with Gasteiger partial charge in [-0.15, -0.1) is 0 Å². The van der Waals surface area contributed by atoms with Crippen molar-refractivity contribution in [3.8, 4) is 0 Å². The number of rotatable bonds is 5. The summed E-state index contributed by atoms with van der Waals surface area (Å²) in [4.78, 5) is 16.0. The molecule has 0 saturated heterocycles. The minimum Gasteiger partial charge on any atom is -0.397 e. The average molecular weight is 311 g/mol. The van der Waals surface area contributed by atoms with E-state index in [2.05, 4.69) is 10.3 Å². The number of carbonyl (C=O) groups is 1. The zero-order valence-electron chi connectivity index (χ0n) is 11.0. The summed E-state index contributed by atoms with van der Waals surface area (Å²) in [5.74, 6) is 0.574. The van der Waals surface area contributed by atoms with Crippen molar-refractivity contribution in [1.29, 1.82) is 0 Å². The predicted molar refractivity (Wildman–Crippen MR) is 83.0 cm³/mol. The molecular formula is C13H15ClN4OS. The molecule has 2 aromatic rings. The molecule has 0 saturated carbocycles. The van der Waals surface area contributed by atoms with Crippen LogP contribution >= 0.6 is 23.4 Å².